The van der Waals surface area contributed by atoms with Crippen LogP contribution in [0.15, 0.2) is 24.3 Å². The molecular formula is C16H23N3O3. The lowest BCUT2D eigenvalue weighted by molar-refractivity contribution is -0.129. The first-order valence-corrected chi connectivity index (χ1v) is 7.62. The molecular weight excluding hydrogens is 282 g/mol. The fourth-order valence-electron chi connectivity index (χ4n) is 2.49. The van der Waals surface area contributed by atoms with Gasteiger partial charge in [0.2, 0.25) is 5.91 Å². The highest BCUT2D eigenvalue weighted by Gasteiger charge is 2.17. The minimum Gasteiger partial charge on any atom is -0.496 e. The van der Waals surface area contributed by atoms with Crippen LogP contribution in [0.25, 0.3) is 0 Å². The number of urea groups is 1. The summed E-state index contributed by atoms with van der Waals surface area (Å²) in [6.45, 7) is 2.43. The fourth-order valence-corrected chi connectivity index (χ4v) is 2.49. The highest BCUT2D eigenvalue weighted by molar-refractivity contribution is 5.78. The molecule has 2 rings (SSSR count). The van der Waals surface area contributed by atoms with Gasteiger partial charge >= 0.3 is 6.03 Å². The van der Waals surface area contributed by atoms with Crippen molar-refractivity contribution >= 4 is 11.9 Å². The summed E-state index contributed by atoms with van der Waals surface area (Å²) in [5.74, 6) is 0.856. The van der Waals surface area contributed by atoms with Crippen LogP contribution in [0.1, 0.15) is 24.8 Å². The smallest absolute Gasteiger partial charge is 0.315 e. The van der Waals surface area contributed by atoms with Crippen LogP contribution in [-0.2, 0) is 11.3 Å². The number of ether oxygens (including phenoxy) is 1. The second kappa shape index (κ2) is 8.26. The molecule has 3 amide bonds. The largest absolute Gasteiger partial charge is 0.496 e. The van der Waals surface area contributed by atoms with Crippen molar-refractivity contribution in [2.45, 2.75) is 25.8 Å². The molecule has 1 aliphatic rings. The molecule has 22 heavy (non-hydrogen) atoms. The van der Waals surface area contributed by atoms with E-state index in [4.69, 9.17) is 4.74 Å². The summed E-state index contributed by atoms with van der Waals surface area (Å²) in [4.78, 5) is 25.4. The van der Waals surface area contributed by atoms with E-state index in [0.717, 1.165) is 37.2 Å². The molecule has 1 aliphatic heterocycles. The second-order valence-electron chi connectivity index (χ2n) is 5.26. The Kier molecular flexibility index (Phi) is 6.06. The Morgan fingerprint density at radius 1 is 1.18 bits per heavy atom. The summed E-state index contributed by atoms with van der Waals surface area (Å²) in [5, 5.41) is 5.47. The van der Waals surface area contributed by atoms with Crippen molar-refractivity contribution in [1.82, 2.24) is 15.5 Å². The van der Waals surface area contributed by atoms with Gasteiger partial charge in [0.25, 0.3) is 0 Å². The number of benzene rings is 1. The Hall–Kier alpha value is -2.24. The summed E-state index contributed by atoms with van der Waals surface area (Å²) in [6.07, 6.45) is 2.51. The number of methoxy groups -OCH3 is 1. The van der Waals surface area contributed by atoms with Crippen LogP contribution in [0, 0.1) is 0 Å². The molecule has 1 heterocycles. The third kappa shape index (κ3) is 4.65. The molecule has 1 fully saturated rings. The zero-order valence-corrected chi connectivity index (χ0v) is 12.9. The lowest BCUT2D eigenvalue weighted by atomic mass is 10.2. The molecule has 0 radical (unpaired) electrons. The topological polar surface area (TPSA) is 70.7 Å². The van der Waals surface area contributed by atoms with E-state index in [-0.39, 0.29) is 11.9 Å². The number of hydrogen-bond acceptors (Lipinski definition) is 3. The Balaban J connectivity index is 1.66. The molecule has 1 aromatic carbocycles. The maximum atomic E-state index is 11.8. The molecule has 0 spiro atoms. The van der Waals surface area contributed by atoms with E-state index in [1.807, 2.05) is 29.2 Å². The van der Waals surface area contributed by atoms with Crippen LogP contribution in [0.2, 0.25) is 0 Å². The van der Waals surface area contributed by atoms with Crippen LogP contribution >= 0.6 is 0 Å². The first kappa shape index (κ1) is 16.1. The molecule has 120 valence electrons. The predicted octanol–water partition coefficient (Wildman–Crippen LogP) is 1.51. The molecule has 1 saturated heterocycles. The highest BCUT2D eigenvalue weighted by Crippen LogP contribution is 2.16. The minimum atomic E-state index is -0.278. The van der Waals surface area contributed by atoms with Gasteiger partial charge in [0.1, 0.15) is 5.75 Å². The molecule has 1 aromatic rings. The summed E-state index contributed by atoms with van der Waals surface area (Å²) in [5.41, 5.74) is 0.910. The molecule has 0 bridgehead atoms. The van der Waals surface area contributed by atoms with Crippen molar-refractivity contribution in [3.63, 3.8) is 0 Å². The van der Waals surface area contributed by atoms with Gasteiger partial charge in [0, 0.05) is 38.2 Å². The van der Waals surface area contributed by atoms with E-state index in [9.17, 15) is 9.59 Å². The number of carbonyl (C=O) groups is 2. The minimum absolute atomic E-state index is 0.113. The van der Waals surface area contributed by atoms with Gasteiger partial charge in [-0.05, 0) is 18.9 Å². The maximum absolute atomic E-state index is 11.8. The number of carbonyl (C=O) groups excluding carboxylic acids is 2. The Morgan fingerprint density at radius 2 is 1.91 bits per heavy atom. The molecule has 0 atom stereocenters. The van der Waals surface area contributed by atoms with Gasteiger partial charge in [-0.25, -0.2) is 4.79 Å². The average molecular weight is 305 g/mol. The number of rotatable bonds is 6. The van der Waals surface area contributed by atoms with E-state index in [0.29, 0.717) is 19.5 Å². The van der Waals surface area contributed by atoms with Gasteiger partial charge in [-0.3, -0.25) is 4.79 Å². The average Bonchev–Trinajstić information content (AvgIpc) is 3.07. The van der Waals surface area contributed by atoms with Crippen LogP contribution in [-0.4, -0.2) is 43.6 Å². The molecule has 0 aliphatic carbocycles. The molecule has 2 N–H and O–H groups in total. The third-order valence-electron chi connectivity index (χ3n) is 3.72. The predicted molar refractivity (Wildman–Crippen MR) is 83.7 cm³/mol. The van der Waals surface area contributed by atoms with Crippen LogP contribution in [0.3, 0.4) is 0 Å². The summed E-state index contributed by atoms with van der Waals surface area (Å²) < 4.78 is 5.23. The van der Waals surface area contributed by atoms with E-state index in [1.54, 1.807) is 7.11 Å². The Bertz CT molecular complexity index is 513. The molecule has 0 unspecified atom stereocenters. The molecule has 0 aromatic heterocycles. The quantitative estimate of drug-likeness (QED) is 0.837. The molecule has 6 nitrogen and oxygen atoms in total. The van der Waals surface area contributed by atoms with Crippen molar-refractivity contribution in [2.24, 2.45) is 0 Å². The monoisotopic (exact) mass is 305 g/mol. The second-order valence-corrected chi connectivity index (χ2v) is 5.26. The van der Waals surface area contributed by atoms with E-state index < -0.39 is 0 Å². The van der Waals surface area contributed by atoms with Gasteiger partial charge in [-0.2, -0.15) is 0 Å². The van der Waals surface area contributed by atoms with E-state index in [2.05, 4.69) is 10.6 Å². The first-order valence-electron chi connectivity index (χ1n) is 7.62. The number of nitrogens with zero attached hydrogens (tertiary/aromatic N) is 1. The standard InChI is InChI=1S/C16H23N3O3/c1-22-14-7-3-2-6-13(14)12-18-16(21)17-9-8-15(20)19-10-4-5-11-19/h2-3,6-7H,4-5,8-12H2,1H3,(H2,17,18,21). The van der Waals surface area contributed by atoms with Gasteiger partial charge in [-0.1, -0.05) is 18.2 Å². The zero-order chi connectivity index (χ0) is 15.8. The lowest BCUT2D eigenvalue weighted by Crippen LogP contribution is -2.38. The van der Waals surface area contributed by atoms with Crippen molar-refractivity contribution in [3.8, 4) is 5.75 Å². The summed E-state index contributed by atoms with van der Waals surface area (Å²) in [6, 6.07) is 7.25. The number of para-hydroxylation sites is 1. The summed E-state index contributed by atoms with van der Waals surface area (Å²) >= 11 is 0. The van der Waals surface area contributed by atoms with Crippen molar-refractivity contribution in [3.05, 3.63) is 29.8 Å². The van der Waals surface area contributed by atoms with Gasteiger partial charge in [-0.15, -0.1) is 0 Å². The van der Waals surface area contributed by atoms with Gasteiger partial charge in [0.15, 0.2) is 0 Å². The fraction of sp³-hybridized carbons (Fsp3) is 0.500. The zero-order valence-electron chi connectivity index (χ0n) is 12.9. The lowest BCUT2D eigenvalue weighted by Gasteiger charge is -2.15. The number of amides is 3. The maximum Gasteiger partial charge on any atom is 0.315 e. The first-order chi connectivity index (χ1) is 10.7. The van der Waals surface area contributed by atoms with Gasteiger partial charge in [0.05, 0.1) is 7.11 Å². The highest BCUT2D eigenvalue weighted by atomic mass is 16.5. The van der Waals surface area contributed by atoms with Crippen molar-refractivity contribution in [2.75, 3.05) is 26.7 Å². The Morgan fingerprint density at radius 3 is 2.64 bits per heavy atom. The number of nitrogens with one attached hydrogen (secondary N) is 2. The van der Waals surface area contributed by atoms with Crippen molar-refractivity contribution < 1.29 is 14.3 Å². The van der Waals surface area contributed by atoms with Crippen LogP contribution in [0.4, 0.5) is 4.79 Å². The summed E-state index contributed by atoms with van der Waals surface area (Å²) in [7, 11) is 1.60. The Labute approximate surface area is 130 Å². The van der Waals surface area contributed by atoms with Crippen LogP contribution < -0.4 is 15.4 Å². The van der Waals surface area contributed by atoms with E-state index in [1.165, 1.54) is 0 Å². The number of hydrogen-bond donors (Lipinski definition) is 2. The van der Waals surface area contributed by atoms with Crippen LogP contribution in [0.5, 0.6) is 5.75 Å². The van der Waals surface area contributed by atoms with Crippen molar-refractivity contribution in [1.29, 1.82) is 0 Å². The van der Waals surface area contributed by atoms with Gasteiger partial charge < -0.3 is 20.3 Å². The SMILES string of the molecule is COc1ccccc1CNC(=O)NCCC(=O)N1CCCC1. The van der Waals surface area contributed by atoms with E-state index >= 15 is 0 Å². The number of likely N-dealkylation sites (tertiary alicyclic amines) is 1. The third-order valence-corrected chi connectivity index (χ3v) is 3.72. The molecule has 0 saturated carbocycles. The normalized spacial score (nSPS) is 13.8. The molecule has 6 heteroatoms.